The van der Waals surface area contributed by atoms with Crippen LogP contribution in [0.5, 0.6) is 0 Å². The quantitative estimate of drug-likeness (QED) is 0.458. The van der Waals surface area contributed by atoms with E-state index in [4.69, 9.17) is 0 Å². The largest absolute Gasteiger partial charge is 0.633 e. The molecule has 1 amide bonds. The Hall–Kier alpha value is -2.50. The van der Waals surface area contributed by atoms with E-state index in [1.807, 2.05) is 42.5 Å². The molecule has 0 aliphatic rings. The number of pyridine rings is 1. The fraction of sp³-hybridized carbons (Fsp3) is 0.222. The smallest absolute Gasteiger partial charge is 0.253 e. The maximum Gasteiger partial charge on any atom is 0.253 e. The van der Waals surface area contributed by atoms with Gasteiger partial charge in [-0.1, -0.05) is 30.3 Å². The molecule has 23 heavy (non-hydrogen) atoms. The SMILES string of the molecule is C[N+](C)([O-])CCNC(=O)c1cccc2cc3ccccc3nc12. The zero-order valence-corrected chi connectivity index (χ0v) is 13.2. The predicted molar refractivity (Wildman–Crippen MR) is 91.9 cm³/mol. The van der Waals surface area contributed by atoms with E-state index in [0.29, 0.717) is 24.2 Å². The molecule has 3 rings (SSSR count). The topological polar surface area (TPSA) is 65.0 Å². The second-order valence-corrected chi connectivity index (χ2v) is 6.11. The molecule has 0 saturated carbocycles. The van der Waals surface area contributed by atoms with Crippen molar-refractivity contribution >= 4 is 27.7 Å². The maximum absolute atomic E-state index is 12.4. The highest BCUT2D eigenvalue weighted by atomic mass is 16.5. The van der Waals surface area contributed by atoms with Crippen molar-refractivity contribution in [2.45, 2.75) is 0 Å². The average Bonchev–Trinajstić information content (AvgIpc) is 2.51. The number of hydrogen-bond acceptors (Lipinski definition) is 3. The molecule has 0 radical (unpaired) electrons. The second-order valence-electron chi connectivity index (χ2n) is 6.11. The molecule has 0 atom stereocenters. The number of carbonyl (C=O) groups excluding carboxylic acids is 1. The molecule has 0 bridgehead atoms. The summed E-state index contributed by atoms with van der Waals surface area (Å²) in [6, 6.07) is 15.4. The number of hydroxylamine groups is 3. The summed E-state index contributed by atoms with van der Waals surface area (Å²) in [5.74, 6) is -0.202. The van der Waals surface area contributed by atoms with Crippen molar-refractivity contribution in [1.29, 1.82) is 0 Å². The molecule has 5 nitrogen and oxygen atoms in total. The Bertz CT molecular complexity index is 869. The lowest BCUT2D eigenvalue weighted by Gasteiger charge is -2.33. The highest BCUT2D eigenvalue weighted by Gasteiger charge is 2.12. The number of carbonyl (C=O) groups is 1. The zero-order chi connectivity index (χ0) is 16.4. The van der Waals surface area contributed by atoms with E-state index in [9.17, 15) is 10.0 Å². The molecule has 0 aliphatic heterocycles. The summed E-state index contributed by atoms with van der Waals surface area (Å²) in [7, 11) is 3.11. The van der Waals surface area contributed by atoms with Gasteiger partial charge in [-0.25, -0.2) is 4.98 Å². The van der Waals surface area contributed by atoms with E-state index < -0.39 is 4.65 Å². The molecule has 0 saturated heterocycles. The van der Waals surface area contributed by atoms with Crippen LogP contribution in [0.2, 0.25) is 0 Å². The Kier molecular flexibility index (Phi) is 3.98. The van der Waals surface area contributed by atoms with Crippen molar-refractivity contribution in [2.75, 3.05) is 27.2 Å². The number of fused-ring (bicyclic) bond motifs is 2. The van der Waals surface area contributed by atoms with E-state index in [-0.39, 0.29) is 5.91 Å². The van der Waals surface area contributed by atoms with Gasteiger partial charge in [0.2, 0.25) is 0 Å². The van der Waals surface area contributed by atoms with Gasteiger partial charge >= 0.3 is 0 Å². The molecule has 1 aromatic heterocycles. The lowest BCUT2D eigenvalue weighted by atomic mass is 10.1. The molecule has 118 valence electrons. The third kappa shape index (κ3) is 3.47. The molecule has 1 heterocycles. The van der Waals surface area contributed by atoms with Crippen LogP contribution in [0.3, 0.4) is 0 Å². The van der Waals surface area contributed by atoms with E-state index in [1.165, 1.54) is 0 Å². The fourth-order valence-corrected chi connectivity index (χ4v) is 2.52. The first-order valence-corrected chi connectivity index (χ1v) is 7.55. The van der Waals surface area contributed by atoms with Crippen LogP contribution in [0.15, 0.2) is 48.5 Å². The standard InChI is InChI=1S/C18H19N3O2/c1-21(2,23)11-10-19-18(22)15-8-5-7-14-12-13-6-3-4-9-16(13)20-17(14)15/h3-9,12H,10-11H2,1-2H3,(H,19,22). The summed E-state index contributed by atoms with van der Waals surface area (Å²) in [6.45, 7) is 0.659. The molecule has 2 aromatic carbocycles. The number of para-hydroxylation sites is 2. The Labute approximate surface area is 134 Å². The number of hydrogen-bond donors (Lipinski definition) is 1. The van der Waals surface area contributed by atoms with E-state index in [0.717, 1.165) is 16.3 Å². The maximum atomic E-state index is 12.4. The molecule has 5 heteroatoms. The lowest BCUT2D eigenvalue weighted by Crippen LogP contribution is -2.40. The summed E-state index contributed by atoms with van der Waals surface area (Å²) in [5, 5.41) is 16.3. The minimum atomic E-state index is -0.432. The van der Waals surface area contributed by atoms with Crippen LogP contribution in [0.25, 0.3) is 21.8 Å². The van der Waals surface area contributed by atoms with Gasteiger partial charge in [0.15, 0.2) is 0 Å². The Balaban J connectivity index is 1.94. The van der Waals surface area contributed by atoms with Crippen LogP contribution in [0.1, 0.15) is 10.4 Å². The summed E-state index contributed by atoms with van der Waals surface area (Å²) >= 11 is 0. The van der Waals surface area contributed by atoms with Crippen molar-refractivity contribution in [1.82, 2.24) is 10.3 Å². The van der Waals surface area contributed by atoms with Crippen LogP contribution in [-0.4, -0.2) is 42.7 Å². The minimum Gasteiger partial charge on any atom is -0.633 e. The van der Waals surface area contributed by atoms with Gasteiger partial charge in [-0.15, -0.1) is 0 Å². The molecule has 0 aliphatic carbocycles. The number of quaternary nitrogens is 1. The van der Waals surface area contributed by atoms with Gasteiger partial charge in [0.25, 0.3) is 5.91 Å². The normalized spacial score (nSPS) is 11.8. The molecule has 0 fully saturated rings. The van der Waals surface area contributed by atoms with Crippen molar-refractivity contribution < 1.29 is 9.44 Å². The van der Waals surface area contributed by atoms with Gasteiger partial charge in [0.1, 0.15) is 0 Å². The van der Waals surface area contributed by atoms with Gasteiger partial charge in [0, 0.05) is 10.8 Å². The van der Waals surface area contributed by atoms with Crippen molar-refractivity contribution in [2.24, 2.45) is 0 Å². The third-order valence-electron chi connectivity index (χ3n) is 3.73. The Morgan fingerprint density at radius 3 is 2.65 bits per heavy atom. The predicted octanol–water partition coefficient (Wildman–Crippen LogP) is 2.69. The zero-order valence-electron chi connectivity index (χ0n) is 13.2. The van der Waals surface area contributed by atoms with Gasteiger partial charge in [-0.3, -0.25) is 4.79 Å². The number of nitrogens with zero attached hydrogens (tertiary/aromatic N) is 2. The first-order valence-electron chi connectivity index (χ1n) is 7.55. The summed E-state index contributed by atoms with van der Waals surface area (Å²) in [5.41, 5.74) is 2.07. The van der Waals surface area contributed by atoms with Gasteiger partial charge < -0.3 is 15.2 Å². The second kappa shape index (κ2) is 5.95. The average molecular weight is 309 g/mol. The van der Waals surface area contributed by atoms with Crippen LogP contribution < -0.4 is 5.32 Å². The number of amides is 1. The van der Waals surface area contributed by atoms with E-state index in [1.54, 1.807) is 20.2 Å². The Morgan fingerprint density at radius 2 is 1.87 bits per heavy atom. The highest BCUT2D eigenvalue weighted by Crippen LogP contribution is 2.22. The number of aromatic nitrogens is 1. The number of rotatable bonds is 4. The summed E-state index contributed by atoms with van der Waals surface area (Å²) in [6.07, 6.45) is 0. The van der Waals surface area contributed by atoms with Crippen molar-refractivity contribution in [3.05, 3.63) is 59.3 Å². The summed E-state index contributed by atoms with van der Waals surface area (Å²) in [4.78, 5) is 17.0. The fourth-order valence-electron chi connectivity index (χ4n) is 2.52. The first-order chi connectivity index (χ1) is 10.9. The molecule has 3 aromatic rings. The van der Waals surface area contributed by atoms with Crippen LogP contribution in [0.4, 0.5) is 0 Å². The van der Waals surface area contributed by atoms with Crippen LogP contribution in [-0.2, 0) is 0 Å². The van der Waals surface area contributed by atoms with Gasteiger partial charge in [-0.05, 0) is 18.2 Å². The molecular weight excluding hydrogens is 290 g/mol. The molecule has 0 unspecified atom stereocenters. The molecular formula is C18H19N3O2. The van der Waals surface area contributed by atoms with Gasteiger partial charge in [0.05, 0.1) is 43.8 Å². The number of benzene rings is 2. The van der Waals surface area contributed by atoms with Gasteiger partial charge in [-0.2, -0.15) is 0 Å². The van der Waals surface area contributed by atoms with Crippen LogP contribution >= 0.6 is 0 Å². The number of likely N-dealkylation sites (N-methyl/N-ethyl adjacent to an activating group) is 1. The minimum absolute atomic E-state index is 0.202. The Morgan fingerprint density at radius 1 is 1.13 bits per heavy atom. The van der Waals surface area contributed by atoms with E-state index in [2.05, 4.69) is 10.3 Å². The highest BCUT2D eigenvalue weighted by molar-refractivity contribution is 6.07. The number of nitrogens with one attached hydrogen (secondary N) is 1. The van der Waals surface area contributed by atoms with E-state index >= 15 is 0 Å². The molecule has 1 N–H and O–H groups in total. The lowest BCUT2D eigenvalue weighted by molar-refractivity contribution is -0.838. The van der Waals surface area contributed by atoms with Crippen LogP contribution in [0, 0.1) is 5.21 Å². The van der Waals surface area contributed by atoms with Crippen molar-refractivity contribution in [3.8, 4) is 0 Å². The van der Waals surface area contributed by atoms with Crippen molar-refractivity contribution in [3.63, 3.8) is 0 Å². The first kappa shape index (κ1) is 15.4. The monoisotopic (exact) mass is 309 g/mol. The summed E-state index contributed by atoms with van der Waals surface area (Å²) < 4.78 is -0.432. The third-order valence-corrected chi connectivity index (χ3v) is 3.73. The molecule has 0 spiro atoms.